The smallest absolute Gasteiger partial charge is 0.213 e. The Morgan fingerprint density at radius 3 is 2.43 bits per heavy atom. The third-order valence-corrected chi connectivity index (χ3v) is 5.10. The van der Waals surface area contributed by atoms with Gasteiger partial charge >= 0.3 is 0 Å². The fraction of sp³-hybridized carbons (Fsp3) is 0.625. The summed E-state index contributed by atoms with van der Waals surface area (Å²) in [4.78, 5) is 0. The molecule has 5 heteroatoms. The van der Waals surface area contributed by atoms with Crippen LogP contribution < -0.4 is 10.5 Å². The highest BCUT2D eigenvalue weighted by Crippen LogP contribution is 2.39. The number of hydrogen-bond acceptors (Lipinski definition) is 3. The number of nitrogens with two attached hydrogens (primary N) is 1. The maximum absolute atomic E-state index is 11.1. The molecule has 1 aliphatic carbocycles. The fourth-order valence-corrected chi connectivity index (χ4v) is 3.96. The number of primary sulfonamides is 1. The Kier molecular flexibility index (Phi) is 4.63. The van der Waals surface area contributed by atoms with Gasteiger partial charge in [0.1, 0.15) is 0 Å². The maximum atomic E-state index is 11.1. The van der Waals surface area contributed by atoms with E-state index in [2.05, 4.69) is 26.1 Å². The maximum Gasteiger partial charge on any atom is 0.213 e. The number of benzene rings is 1. The van der Waals surface area contributed by atoms with E-state index in [0.29, 0.717) is 17.4 Å². The van der Waals surface area contributed by atoms with Crippen LogP contribution in [0, 0.1) is 11.3 Å². The first-order valence-electron chi connectivity index (χ1n) is 7.51. The first kappa shape index (κ1) is 16.3. The van der Waals surface area contributed by atoms with Crippen molar-refractivity contribution in [1.82, 2.24) is 0 Å². The van der Waals surface area contributed by atoms with Gasteiger partial charge in [-0.2, -0.15) is 0 Å². The minimum absolute atomic E-state index is 0.110. The van der Waals surface area contributed by atoms with Crippen molar-refractivity contribution in [1.29, 1.82) is 0 Å². The van der Waals surface area contributed by atoms with Crippen LogP contribution in [-0.2, 0) is 15.8 Å². The molecule has 2 atom stereocenters. The van der Waals surface area contributed by atoms with E-state index < -0.39 is 10.0 Å². The van der Waals surface area contributed by atoms with E-state index in [1.54, 1.807) is 0 Å². The Labute approximate surface area is 128 Å². The Morgan fingerprint density at radius 2 is 1.90 bits per heavy atom. The molecule has 1 aromatic rings. The first-order chi connectivity index (χ1) is 9.65. The number of hydrogen-bond donors (Lipinski definition) is 2. The van der Waals surface area contributed by atoms with Crippen LogP contribution >= 0.6 is 0 Å². The van der Waals surface area contributed by atoms with Gasteiger partial charge in [0, 0.05) is 11.7 Å². The van der Waals surface area contributed by atoms with Gasteiger partial charge in [-0.25, -0.2) is 13.6 Å². The molecule has 1 aromatic carbocycles. The molecule has 0 heterocycles. The molecule has 2 rings (SSSR count). The normalized spacial score (nSPS) is 25.5. The molecule has 1 saturated carbocycles. The van der Waals surface area contributed by atoms with Gasteiger partial charge in [0.15, 0.2) is 0 Å². The predicted octanol–water partition coefficient (Wildman–Crippen LogP) is 3.10. The van der Waals surface area contributed by atoms with Crippen LogP contribution in [0.1, 0.15) is 45.6 Å². The summed E-state index contributed by atoms with van der Waals surface area (Å²) in [6.07, 6.45) is 3.64. The highest BCUT2D eigenvalue weighted by Gasteiger charge is 2.32. The van der Waals surface area contributed by atoms with Crippen molar-refractivity contribution in [2.45, 2.75) is 51.8 Å². The Bertz CT molecular complexity index is 579. The Balaban J connectivity index is 1.98. The summed E-state index contributed by atoms with van der Waals surface area (Å²) < 4.78 is 22.1. The molecule has 2 unspecified atom stereocenters. The number of anilines is 1. The van der Waals surface area contributed by atoms with Gasteiger partial charge in [0.2, 0.25) is 10.0 Å². The van der Waals surface area contributed by atoms with Crippen molar-refractivity contribution in [2.24, 2.45) is 16.5 Å². The molecule has 0 spiro atoms. The third-order valence-electron chi connectivity index (χ3n) is 4.37. The average Bonchev–Trinajstić information content (AvgIpc) is 2.32. The minimum atomic E-state index is -3.46. The highest BCUT2D eigenvalue weighted by molar-refractivity contribution is 7.88. The lowest BCUT2D eigenvalue weighted by atomic mass is 9.70. The molecule has 1 fully saturated rings. The SMILES string of the molecule is CC1CC(C)(C)CCC1Nc1ccc(CS(N)(=O)=O)cc1. The van der Waals surface area contributed by atoms with E-state index in [0.717, 1.165) is 11.3 Å². The summed E-state index contributed by atoms with van der Waals surface area (Å²) in [5.74, 6) is 0.527. The van der Waals surface area contributed by atoms with Gasteiger partial charge in [-0.05, 0) is 48.3 Å². The summed E-state index contributed by atoms with van der Waals surface area (Å²) in [6, 6.07) is 8.01. The summed E-state index contributed by atoms with van der Waals surface area (Å²) >= 11 is 0. The predicted molar refractivity (Wildman–Crippen MR) is 87.5 cm³/mol. The van der Waals surface area contributed by atoms with Crippen LogP contribution in [0.3, 0.4) is 0 Å². The van der Waals surface area contributed by atoms with Gasteiger partial charge in [-0.15, -0.1) is 0 Å². The zero-order valence-electron chi connectivity index (χ0n) is 13.1. The second-order valence-electron chi connectivity index (χ2n) is 7.14. The molecule has 1 aliphatic rings. The van der Waals surface area contributed by atoms with Crippen molar-refractivity contribution in [3.05, 3.63) is 29.8 Å². The van der Waals surface area contributed by atoms with Crippen LogP contribution in [0.15, 0.2) is 24.3 Å². The molecule has 0 aromatic heterocycles. The van der Waals surface area contributed by atoms with Crippen LogP contribution in [0.5, 0.6) is 0 Å². The Morgan fingerprint density at radius 1 is 1.29 bits per heavy atom. The first-order valence-corrected chi connectivity index (χ1v) is 9.22. The van der Waals surface area contributed by atoms with Crippen molar-refractivity contribution >= 4 is 15.7 Å². The fourth-order valence-electron chi connectivity index (χ4n) is 3.30. The zero-order valence-corrected chi connectivity index (χ0v) is 13.9. The molecular formula is C16H26N2O2S. The molecule has 0 aliphatic heterocycles. The molecule has 118 valence electrons. The Hall–Kier alpha value is -1.07. The highest BCUT2D eigenvalue weighted by atomic mass is 32.2. The summed E-state index contributed by atoms with van der Waals surface area (Å²) in [5, 5.41) is 8.63. The van der Waals surface area contributed by atoms with E-state index in [4.69, 9.17) is 5.14 Å². The quantitative estimate of drug-likeness (QED) is 0.897. The number of rotatable bonds is 4. The minimum Gasteiger partial charge on any atom is -0.382 e. The lowest BCUT2D eigenvalue weighted by Gasteiger charge is -2.40. The standard InChI is InChI=1S/C16H26N2O2S/c1-12-10-16(2,3)9-8-15(12)18-14-6-4-13(5-7-14)11-21(17,19)20/h4-7,12,15,18H,8-11H2,1-3H3,(H2,17,19,20). The topological polar surface area (TPSA) is 72.2 Å². The second-order valence-corrected chi connectivity index (χ2v) is 8.75. The van der Waals surface area contributed by atoms with Crippen LogP contribution in [-0.4, -0.2) is 14.5 Å². The van der Waals surface area contributed by atoms with Crippen molar-refractivity contribution < 1.29 is 8.42 Å². The van der Waals surface area contributed by atoms with Gasteiger partial charge in [-0.3, -0.25) is 0 Å². The third kappa shape index (κ3) is 5.00. The molecule has 0 bridgehead atoms. The summed E-state index contributed by atoms with van der Waals surface area (Å²) in [5.41, 5.74) is 2.21. The van der Waals surface area contributed by atoms with Gasteiger partial charge in [0.05, 0.1) is 5.75 Å². The zero-order chi connectivity index (χ0) is 15.7. The van der Waals surface area contributed by atoms with E-state index in [-0.39, 0.29) is 5.75 Å². The lowest BCUT2D eigenvalue weighted by Crippen LogP contribution is -2.36. The molecule has 3 N–H and O–H groups in total. The second kappa shape index (κ2) is 5.97. The van der Waals surface area contributed by atoms with Gasteiger partial charge < -0.3 is 5.32 Å². The molecule has 4 nitrogen and oxygen atoms in total. The van der Waals surface area contributed by atoms with Crippen molar-refractivity contribution in [2.75, 3.05) is 5.32 Å². The van der Waals surface area contributed by atoms with E-state index >= 15 is 0 Å². The molecular weight excluding hydrogens is 284 g/mol. The van der Waals surface area contributed by atoms with E-state index in [9.17, 15) is 8.42 Å². The largest absolute Gasteiger partial charge is 0.382 e. The van der Waals surface area contributed by atoms with Crippen LogP contribution in [0.25, 0.3) is 0 Å². The van der Waals surface area contributed by atoms with Gasteiger partial charge in [0.25, 0.3) is 0 Å². The number of nitrogens with one attached hydrogen (secondary N) is 1. The average molecular weight is 310 g/mol. The van der Waals surface area contributed by atoms with Crippen LogP contribution in [0.2, 0.25) is 0 Å². The van der Waals surface area contributed by atoms with Crippen LogP contribution in [0.4, 0.5) is 5.69 Å². The molecule has 0 amide bonds. The lowest BCUT2D eigenvalue weighted by molar-refractivity contribution is 0.177. The molecule has 0 saturated heterocycles. The number of sulfonamides is 1. The summed E-state index contributed by atoms with van der Waals surface area (Å²) in [7, 11) is -3.46. The molecule has 0 radical (unpaired) electrons. The van der Waals surface area contributed by atoms with Gasteiger partial charge in [-0.1, -0.05) is 32.9 Å². The molecule has 21 heavy (non-hydrogen) atoms. The van der Waals surface area contributed by atoms with E-state index in [1.165, 1.54) is 19.3 Å². The van der Waals surface area contributed by atoms with Crippen molar-refractivity contribution in [3.8, 4) is 0 Å². The monoisotopic (exact) mass is 310 g/mol. The van der Waals surface area contributed by atoms with E-state index in [1.807, 2.05) is 24.3 Å². The summed E-state index contributed by atoms with van der Waals surface area (Å²) in [6.45, 7) is 6.97. The van der Waals surface area contributed by atoms with Crippen molar-refractivity contribution in [3.63, 3.8) is 0 Å².